The fourth-order valence-corrected chi connectivity index (χ4v) is 4.49. The first-order chi connectivity index (χ1) is 10.7. The molecule has 1 aromatic heterocycles. The highest BCUT2D eigenvalue weighted by atomic mass is 35.5. The minimum absolute atomic E-state index is 0.474. The Morgan fingerprint density at radius 3 is 2.86 bits per heavy atom. The second kappa shape index (κ2) is 5.80. The lowest BCUT2D eigenvalue weighted by Gasteiger charge is -2.21. The van der Waals surface area contributed by atoms with Gasteiger partial charge in [-0.2, -0.15) is 0 Å². The highest BCUT2D eigenvalue weighted by molar-refractivity contribution is 7.15. The van der Waals surface area contributed by atoms with E-state index in [9.17, 15) is 0 Å². The van der Waals surface area contributed by atoms with Crippen molar-refractivity contribution in [1.82, 2.24) is 15.5 Å². The predicted molar refractivity (Wildman–Crippen MR) is 90.9 cm³/mol. The molecule has 1 N–H and O–H groups in total. The van der Waals surface area contributed by atoms with Crippen LogP contribution in [-0.4, -0.2) is 36.4 Å². The first-order valence-corrected chi connectivity index (χ1v) is 8.94. The maximum Gasteiger partial charge on any atom is 0.208 e. The SMILES string of the molecule is Clc1ccc(Cc2nnc(N3CCC4(CCNC4)C3)s2)cc1. The zero-order valence-corrected chi connectivity index (χ0v) is 14.0. The molecule has 22 heavy (non-hydrogen) atoms. The molecule has 2 fully saturated rings. The topological polar surface area (TPSA) is 41.1 Å². The predicted octanol–water partition coefficient (Wildman–Crippen LogP) is 2.97. The van der Waals surface area contributed by atoms with E-state index in [4.69, 9.17) is 11.6 Å². The Kier molecular flexibility index (Phi) is 3.80. The van der Waals surface area contributed by atoms with Gasteiger partial charge in [0.05, 0.1) is 0 Å². The third-order valence-corrected chi connectivity index (χ3v) is 6.00. The lowest BCUT2D eigenvalue weighted by molar-refractivity contribution is 0.369. The second-order valence-corrected chi connectivity index (χ2v) is 7.86. The monoisotopic (exact) mass is 334 g/mol. The van der Waals surface area contributed by atoms with Crippen LogP contribution in [0.2, 0.25) is 5.02 Å². The first kappa shape index (κ1) is 14.4. The third kappa shape index (κ3) is 2.85. The number of hydrogen-bond acceptors (Lipinski definition) is 5. The molecule has 0 saturated carbocycles. The van der Waals surface area contributed by atoms with Crippen LogP contribution in [0.15, 0.2) is 24.3 Å². The van der Waals surface area contributed by atoms with Gasteiger partial charge >= 0.3 is 0 Å². The molecule has 6 heteroatoms. The highest BCUT2D eigenvalue weighted by Crippen LogP contribution is 2.39. The number of benzene rings is 1. The number of anilines is 1. The number of halogens is 1. The van der Waals surface area contributed by atoms with Crippen molar-refractivity contribution in [2.75, 3.05) is 31.1 Å². The molecule has 1 aromatic carbocycles. The fraction of sp³-hybridized carbons (Fsp3) is 0.500. The smallest absolute Gasteiger partial charge is 0.208 e. The van der Waals surface area contributed by atoms with Gasteiger partial charge in [0.25, 0.3) is 0 Å². The van der Waals surface area contributed by atoms with E-state index in [2.05, 4.69) is 32.5 Å². The summed E-state index contributed by atoms with van der Waals surface area (Å²) in [6.45, 7) is 4.54. The largest absolute Gasteiger partial charge is 0.346 e. The molecule has 2 aromatic rings. The fourth-order valence-electron chi connectivity index (χ4n) is 3.46. The van der Waals surface area contributed by atoms with Crippen molar-refractivity contribution < 1.29 is 0 Å². The second-order valence-electron chi connectivity index (χ2n) is 6.38. The summed E-state index contributed by atoms with van der Waals surface area (Å²) in [7, 11) is 0. The minimum Gasteiger partial charge on any atom is -0.346 e. The van der Waals surface area contributed by atoms with Crippen LogP contribution < -0.4 is 10.2 Å². The van der Waals surface area contributed by atoms with Crippen molar-refractivity contribution in [2.24, 2.45) is 5.41 Å². The van der Waals surface area contributed by atoms with Gasteiger partial charge in [-0.3, -0.25) is 0 Å². The summed E-state index contributed by atoms with van der Waals surface area (Å²) in [5.74, 6) is 0. The molecule has 2 aliphatic rings. The van der Waals surface area contributed by atoms with Gasteiger partial charge < -0.3 is 10.2 Å². The minimum atomic E-state index is 0.474. The van der Waals surface area contributed by atoms with E-state index in [1.54, 1.807) is 11.3 Å². The molecule has 2 saturated heterocycles. The van der Waals surface area contributed by atoms with Gasteiger partial charge in [0.1, 0.15) is 5.01 Å². The van der Waals surface area contributed by atoms with Gasteiger partial charge in [-0.05, 0) is 37.1 Å². The van der Waals surface area contributed by atoms with Crippen LogP contribution in [0, 0.1) is 5.41 Å². The standard InChI is InChI=1S/C16H19ClN4S/c17-13-3-1-12(2-4-13)9-14-19-20-15(22-14)21-8-6-16(11-21)5-7-18-10-16/h1-4,18H,5-11H2. The van der Waals surface area contributed by atoms with Crippen molar-refractivity contribution in [3.63, 3.8) is 0 Å². The Hall–Kier alpha value is -1.17. The summed E-state index contributed by atoms with van der Waals surface area (Å²) < 4.78 is 0. The summed E-state index contributed by atoms with van der Waals surface area (Å²) in [5, 5.41) is 15.2. The quantitative estimate of drug-likeness (QED) is 0.937. The first-order valence-electron chi connectivity index (χ1n) is 7.75. The summed E-state index contributed by atoms with van der Waals surface area (Å²) in [4.78, 5) is 2.41. The molecule has 1 spiro atoms. The Labute approximate surface area is 139 Å². The van der Waals surface area contributed by atoms with Crippen LogP contribution in [0.4, 0.5) is 5.13 Å². The molecular formula is C16H19ClN4S. The van der Waals surface area contributed by atoms with Crippen molar-refractivity contribution in [1.29, 1.82) is 0 Å². The van der Waals surface area contributed by atoms with E-state index in [0.29, 0.717) is 5.41 Å². The molecule has 0 radical (unpaired) electrons. The van der Waals surface area contributed by atoms with E-state index in [-0.39, 0.29) is 0 Å². The molecule has 0 aliphatic carbocycles. The Morgan fingerprint density at radius 1 is 1.23 bits per heavy atom. The summed E-state index contributed by atoms with van der Waals surface area (Å²) >= 11 is 7.65. The van der Waals surface area contributed by atoms with Gasteiger partial charge in [-0.1, -0.05) is 35.1 Å². The lowest BCUT2D eigenvalue weighted by Crippen LogP contribution is -2.29. The summed E-state index contributed by atoms with van der Waals surface area (Å²) in [6.07, 6.45) is 3.39. The van der Waals surface area contributed by atoms with Gasteiger partial charge in [0, 0.05) is 36.5 Å². The highest BCUT2D eigenvalue weighted by Gasteiger charge is 2.41. The third-order valence-electron chi connectivity index (χ3n) is 4.77. The number of hydrogen-bond donors (Lipinski definition) is 1. The summed E-state index contributed by atoms with van der Waals surface area (Å²) in [6, 6.07) is 7.96. The maximum absolute atomic E-state index is 5.93. The molecule has 1 atom stereocenters. The van der Waals surface area contributed by atoms with Gasteiger partial charge in [-0.25, -0.2) is 0 Å². The van der Waals surface area contributed by atoms with Crippen LogP contribution in [0.3, 0.4) is 0 Å². The molecule has 1 unspecified atom stereocenters. The van der Waals surface area contributed by atoms with E-state index < -0.39 is 0 Å². The zero-order chi connectivity index (χ0) is 15.0. The number of aromatic nitrogens is 2. The number of nitrogens with one attached hydrogen (secondary N) is 1. The molecule has 116 valence electrons. The molecule has 0 amide bonds. The van der Waals surface area contributed by atoms with E-state index in [0.717, 1.165) is 47.8 Å². The van der Waals surface area contributed by atoms with Crippen LogP contribution in [0.25, 0.3) is 0 Å². The molecule has 3 heterocycles. The van der Waals surface area contributed by atoms with Crippen molar-refractivity contribution >= 4 is 28.1 Å². The van der Waals surface area contributed by atoms with Crippen molar-refractivity contribution in [3.05, 3.63) is 39.9 Å². The van der Waals surface area contributed by atoms with E-state index in [1.165, 1.54) is 18.4 Å². The van der Waals surface area contributed by atoms with Crippen LogP contribution in [0.1, 0.15) is 23.4 Å². The van der Waals surface area contributed by atoms with E-state index in [1.807, 2.05) is 12.1 Å². The van der Waals surface area contributed by atoms with Crippen molar-refractivity contribution in [3.8, 4) is 0 Å². The van der Waals surface area contributed by atoms with Gasteiger partial charge in [-0.15, -0.1) is 10.2 Å². The molecule has 4 nitrogen and oxygen atoms in total. The Bertz CT molecular complexity index is 648. The van der Waals surface area contributed by atoms with Gasteiger partial charge in [0.15, 0.2) is 0 Å². The van der Waals surface area contributed by atoms with Crippen LogP contribution in [-0.2, 0) is 6.42 Å². The molecule has 2 aliphatic heterocycles. The van der Waals surface area contributed by atoms with Gasteiger partial charge in [0.2, 0.25) is 5.13 Å². The average Bonchev–Trinajstić information content (AvgIpc) is 3.24. The maximum atomic E-state index is 5.93. The molecule has 4 rings (SSSR count). The molecular weight excluding hydrogens is 316 g/mol. The average molecular weight is 335 g/mol. The normalized spacial score (nSPS) is 24.5. The lowest BCUT2D eigenvalue weighted by atomic mass is 9.87. The van der Waals surface area contributed by atoms with Crippen LogP contribution in [0.5, 0.6) is 0 Å². The number of rotatable bonds is 3. The van der Waals surface area contributed by atoms with Crippen molar-refractivity contribution in [2.45, 2.75) is 19.3 Å². The molecule has 0 bridgehead atoms. The Balaban J connectivity index is 1.44. The number of nitrogens with zero attached hydrogens (tertiary/aromatic N) is 3. The van der Waals surface area contributed by atoms with Crippen LogP contribution >= 0.6 is 22.9 Å². The Morgan fingerprint density at radius 2 is 2.09 bits per heavy atom. The summed E-state index contributed by atoms with van der Waals surface area (Å²) in [5.41, 5.74) is 1.70. The van der Waals surface area contributed by atoms with E-state index >= 15 is 0 Å². The zero-order valence-electron chi connectivity index (χ0n) is 12.4.